The zero-order chi connectivity index (χ0) is 12.3. The molecule has 2 rings (SSSR count). The van der Waals surface area contributed by atoms with Gasteiger partial charge in [-0.25, -0.2) is 4.39 Å². The first kappa shape index (κ1) is 12.0. The number of rotatable bonds is 3. The highest BCUT2D eigenvalue weighted by Gasteiger charge is 2.13. The fraction of sp³-hybridized carbons (Fsp3) is 0.167. The van der Waals surface area contributed by atoms with Gasteiger partial charge in [0, 0.05) is 30.2 Å². The number of nitrogens with two attached hydrogens (primary N) is 1. The number of pyridine rings is 2. The minimum Gasteiger partial charge on any atom is -0.324 e. The van der Waals surface area contributed by atoms with Crippen LogP contribution < -0.4 is 5.73 Å². The number of nitrogens with zero attached hydrogens (tertiary/aromatic N) is 2. The van der Waals surface area contributed by atoms with E-state index in [1.165, 1.54) is 6.20 Å². The van der Waals surface area contributed by atoms with Gasteiger partial charge in [-0.2, -0.15) is 0 Å². The van der Waals surface area contributed by atoms with Gasteiger partial charge in [0.05, 0.1) is 11.2 Å². The second kappa shape index (κ2) is 5.21. The Morgan fingerprint density at radius 2 is 1.94 bits per heavy atom. The Labute approximate surface area is 103 Å². The topological polar surface area (TPSA) is 51.8 Å². The van der Waals surface area contributed by atoms with Crippen molar-refractivity contribution in [2.24, 2.45) is 5.73 Å². The smallest absolute Gasteiger partial charge is 0.146 e. The van der Waals surface area contributed by atoms with Crippen LogP contribution in [-0.4, -0.2) is 9.97 Å². The van der Waals surface area contributed by atoms with E-state index in [4.69, 9.17) is 17.3 Å². The van der Waals surface area contributed by atoms with E-state index < -0.39 is 11.9 Å². The van der Waals surface area contributed by atoms with Gasteiger partial charge in [-0.15, -0.1) is 0 Å². The van der Waals surface area contributed by atoms with Crippen molar-refractivity contribution in [2.75, 3.05) is 0 Å². The number of aromatic nitrogens is 2. The Balaban J connectivity index is 2.20. The first-order valence-electron chi connectivity index (χ1n) is 5.12. The maximum atomic E-state index is 13.5. The molecule has 2 N–H and O–H groups in total. The molecule has 5 heteroatoms. The van der Waals surface area contributed by atoms with E-state index in [9.17, 15) is 4.39 Å². The average molecular weight is 252 g/mol. The molecule has 0 fully saturated rings. The predicted molar refractivity (Wildman–Crippen MR) is 64.1 cm³/mol. The Hall–Kier alpha value is -1.52. The van der Waals surface area contributed by atoms with Crippen molar-refractivity contribution in [3.05, 3.63) is 58.9 Å². The molecule has 0 aliphatic heterocycles. The van der Waals surface area contributed by atoms with Gasteiger partial charge in [-0.05, 0) is 24.1 Å². The molecule has 1 atom stereocenters. The first-order valence-corrected chi connectivity index (χ1v) is 5.49. The average Bonchev–Trinajstić information content (AvgIpc) is 2.32. The Morgan fingerprint density at radius 3 is 2.65 bits per heavy atom. The molecule has 0 amide bonds. The lowest BCUT2D eigenvalue weighted by Gasteiger charge is -2.13. The minimum atomic E-state index is -0.446. The highest BCUT2D eigenvalue weighted by atomic mass is 35.5. The standard InChI is InChI=1S/C12H11ClFN3/c13-10-6-16-3-1-8(10)5-12(15)9-2-4-17-7-11(9)14/h1-4,6-7,12H,5,15H2. The molecule has 17 heavy (non-hydrogen) atoms. The van der Waals surface area contributed by atoms with Crippen LogP contribution in [-0.2, 0) is 6.42 Å². The molecular formula is C12H11ClFN3. The highest BCUT2D eigenvalue weighted by molar-refractivity contribution is 6.31. The van der Waals surface area contributed by atoms with Gasteiger partial charge < -0.3 is 5.73 Å². The molecular weight excluding hydrogens is 241 g/mol. The van der Waals surface area contributed by atoms with Crippen LogP contribution in [0.15, 0.2) is 36.9 Å². The Kier molecular flexibility index (Phi) is 3.66. The fourth-order valence-corrected chi connectivity index (χ4v) is 1.80. The molecule has 0 bridgehead atoms. The van der Waals surface area contributed by atoms with E-state index in [0.29, 0.717) is 17.0 Å². The summed E-state index contributed by atoms with van der Waals surface area (Å²) in [6, 6.07) is 2.91. The van der Waals surface area contributed by atoms with Crippen LogP contribution in [0.5, 0.6) is 0 Å². The van der Waals surface area contributed by atoms with Gasteiger partial charge in [0.25, 0.3) is 0 Å². The van der Waals surface area contributed by atoms with E-state index >= 15 is 0 Å². The van der Waals surface area contributed by atoms with Crippen molar-refractivity contribution >= 4 is 11.6 Å². The second-order valence-corrected chi connectivity index (χ2v) is 4.08. The molecule has 2 aromatic heterocycles. The lowest BCUT2D eigenvalue weighted by molar-refractivity contribution is 0.574. The van der Waals surface area contributed by atoms with Gasteiger partial charge in [0.15, 0.2) is 0 Å². The van der Waals surface area contributed by atoms with Gasteiger partial charge in [-0.3, -0.25) is 9.97 Å². The quantitative estimate of drug-likeness (QED) is 0.912. The second-order valence-electron chi connectivity index (χ2n) is 3.67. The summed E-state index contributed by atoms with van der Waals surface area (Å²) in [5.74, 6) is -0.398. The summed E-state index contributed by atoms with van der Waals surface area (Å²) in [4.78, 5) is 7.57. The van der Waals surface area contributed by atoms with Gasteiger partial charge in [-0.1, -0.05) is 11.6 Å². The fourth-order valence-electron chi connectivity index (χ4n) is 1.60. The van der Waals surface area contributed by atoms with Crippen molar-refractivity contribution < 1.29 is 4.39 Å². The maximum absolute atomic E-state index is 13.5. The lowest BCUT2D eigenvalue weighted by atomic mass is 10.0. The van der Waals surface area contributed by atoms with Crippen LogP contribution in [0.3, 0.4) is 0 Å². The zero-order valence-electron chi connectivity index (χ0n) is 8.98. The van der Waals surface area contributed by atoms with Crippen molar-refractivity contribution in [1.82, 2.24) is 9.97 Å². The number of halogens is 2. The molecule has 2 aromatic rings. The monoisotopic (exact) mass is 251 g/mol. The molecule has 0 aromatic carbocycles. The van der Waals surface area contributed by atoms with Crippen molar-refractivity contribution in [3.8, 4) is 0 Å². The largest absolute Gasteiger partial charge is 0.324 e. The minimum absolute atomic E-state index is 0.398. The Bertz CT molecular complexity index is 519. The molecule has 1 unspecified atom stereocenters. The van der Waals surface area contributed by atoms with Crippen LogP contribution >= 0.6 is 11.6 Å². The van der Waals surface area contributed by atoms with E-state index in [1.807, 2.05) is 0 Å². The third kappa shape index (κ3) is 2.78. The van der Waals surface area contributed by atoms with E-state index in [1.54, 1.807) is 24.5 Å². The van der Waals surface area contributed by atoms with E-state index in [2.05, 4.69) is 9.97 Å². The molecule has 0 spiro atoms. The molecule has 88 valence electrons. The Morgan fingerprint density at radius 1 is 1.24 bits per heavy atom. The summed E-state index contributed by atoms with van der Waals surface area (Å²) in [5.41, 5.74) is 7.24. The molecule has 2 heterocycles. The highest BCUT2D eigenvalue weighted by Crippen LogP contribution is 2.22. The normalized spacial score (nSPS) is 12.4. The van der Waals surface area contributed by atoms with Crippen molar-refractivity contribution in [3.63, 3.8) is 0 Å². The zero-order valence-corrected chi connectivity index (χ0v) is 9.73. The van der Waals surface area contributed by atoms with E-state index in [-0.39, 0.29) is 0 Å². The van der Waals surface area contributed by atoms with Crippen molar-refractivity contribution in [1.29, 1.82) is 0 Å². The summed E-state index contributed by atoms with van der Waals surface area (Å²) in [7, 11) is 0. The molecule has 0 saturated heterocycles. The van der Waals surface area contributed by atoms with Crippen LogP contribution in [0.2, 0.25) is 5.02 Å². The summed E-state index contributed by atoms with van der Waals surface area (Å²) in [6.45, 7) is 0. The predicted octanol–water partition coefficient (Wildman–Crippen LogP) is 2.51. The summed E-state index contributed by atoms with van der Waals surface area (Å²) >= 11 is 5.97. The molecule has 0 aliphatic carbocycles. The number of hydrogen-bond acceptors (Lipinski definition) is 3. The van der Waals surface area contributed by atoms with Crippen LogP contribution in [0, 0.1) is 5.82 Å². The van der Waals surface area contributed by atoms with Crippen LogP contribution in [0.4, 0.5) is 4.39 Å². The SMILES string of the molecule is NC(Cc1ccncc1Cl)c1ccncc1F. The summed E-state index contributed by atoms with van der Waals surface area (Å²) in [5, 5.41) is 0.539. The van der Waals surface area contributed by atoms with Crippen molar-refractivity contribution in [2.45, 2.75) is 12.5 Å². The third-order valence-corrected chi connectivity index (χ3v) is 2.84. The summed E-state index contributed by atoms with van der Waals surface area (Å²) < 4.78 is 13.5. The van der Waals surface area contributed by atoms with Crippen LogP contribution in [0.25, 0.3) is 0 Å². The lowest BCUT2D eigenvalue weighted by Crippen LogP contribution is -2.15. The molecule has 3 nitrogen and oxygen atoms in total. The third-order valence-electron chi connectivity index (χ3n) is 2.50. The van der Waals surface area contributed by atoms with Gasteiger partial charge in [0.2, 0.25) is 0 Å². The summed E-state index contributed by atoms with van der Waals surface area (Å²) in [6.07, 6.45) is 6.32. The van der Waals surface area contributed by atoms with Gasteiger partial charge in [0.1, 0.15) is 5.82 Å². The molecule has 0 saturated carbocycles. The molecule has 0 aliphatic rings. The van der Waals surface area contributed by atoms with Gasteiger partial charge >= 0.3 is 0 Å². The van der Waals surface area contributed by atoms with Crippen LogP contribution in [0.1, 0.15) is 17.2 Å². The number of hydrogen-bond donors (Lipinski definition) is 1. The molecule has 0 radical (unpaired) electrons. The first-order chi connectivity index (χ1) is 8.18. The maximum Gasteiger partial charge on any atom is 0.146 e. The van der Waals surface area contributed by atoms with E-state index in [0.717, 1.165) is 11.8 Å².